The number of hydrogen-bond donors (Lipinski definition) is 3. The van der Waals surface area contributed by atoms with Crippen molar-refractivity contribution in [2.24, 2.45) is 0 Å². The fourth-order valence-corrected chi connectivity index (χ4v) is 3.69. The lowest BCUT2D eigenvalue weighted by atomic mass is 9.98. The normalized spacial score (nSPS) is 16.2. The van der Waals surface area contributed by atoms with E-state index in [2.05, 4.69) is 45.9 Å². The highest BCUT2D eigenvalue weighted by molar-refractivity contribution is 6.11. The molecule has 0 saturated carbocycles. The molecule has 3 N–H and O–H groups in total. The Morgan fingerprint density at radius 2 is 2.00 bits per heavy atom. The molecule has 5 heteroatoms. The Morgan fingerprint density at radius 3 is 2.77 bits per heavy atom. The maximum atomic E-state index is 8.72. The van der Waals surface area contributed by atoms with Crippen molar-refractivity contribution < 1.29 is 4.74 Å². The third-order valence-corrected chi connectivity index (χ3v) is 5.33. The first kappa shape index (κ1) is 20.8. The van der Waals surface area contributed by atoms with Crippen LogP contribution in [0.4, 0.5) is 5.69 Å². The van der Waals surface area contributed by atoms with E-state index in [-0.39, 0.29) is 6.04 Å². The van der Waals surface area contributed by atoms with Gasteiger partial charge >= 0.3 is 0 Å². The van der Waals surface area contributed by atoms with Crippen LogP contribution in [0.3, 0.4) is 0 Å². The first-order valence-corrected chi connectivity index (χ1v) is 10.7. The van der Waals surface area contributed by atoms with E-state index in [1.165, 1.54) is 0 Å². The van der Waals surface area contributed by atoms with Gasteiger partial charge in [-0.15, -0.1) is 0 Å². The lowest BCUT2D eigenvalue weighted by Crippen LogP contribution is -2.30. The maximum absolute atomic E-state index is 8.72. The molecule has 158 valence electrons. The average molecular weight is 413 g/mol. The minimum absolute atomic E-state index is 0.274. The number of hydrogen-bond acceptors (Lipinski definition) is 5. The van der Waals surface area contributed by atoms with E-state index in [9.17, 15) is 0 Å². The Hall–Kier alpha value is -3.44. The van der Waals surface area contributed by atoms with Crippen LogP contribution in [0.15, 0.2) is 85.3 Å². The van der Waals surface area contributed by atoms with Crippen molar-refractivity contribution >= 4 is 11.4 Å². The third-order valence-electron chi connectivity index (χ3n) is 5.33. The van der Waals surface area contributed by atoms with Crippen molar-refractivity contribution in [1.29, 1.82) is 5.41 Å². The number of aromatic nitrogens is 1. The van der Waals surface area contributed by atoms with Crippen LogP contribution in [0.2, 0.25) is 0 Å². The van der Waals surface area contributed by atoms with Gasteiger partial charge in [-0.3, -0.25) is 4.98 Å². The van der Waals surface area contributed by atoms with Gasteiger partial charge in [0.1, 0.15) is 0 Å². The predicted molar refractivity (Wildman–Crippen MR) is 126 cm³/mol. The molecule has 0 aliphatic carbocycles. The Balaban J connectivity index is 1.52. The van der Waals surface area contributed by atoms with Crippen LogP contribution in [-0.2, 0) is 11.3 Å². The summed E-state index contributed by atoms with van der Waals surface area (Å²) < 4.78 is 5.62. The fourth-order valence-electron chi connectivity index (χ4n) is 3.69. The number of nitrogens with zero attached hydrogens (tertiary/aromatic N) is 1. The highest BCUT2D eigenvalue weighted by Gasteiger charge is 2.16. The molecule has 1 unspecified atom stereocenters. The van der Waals surface area contributed by atoms with E-state index < -0.39 is 0 Å². The van der Waals surface area contributed by atoms with Crippen molar-refractivity contribution in [2.75, 3.05) is 18.5 Å². The van der Waals surface area contributed by atoms with Crippen LogP contribution in [0.1, 0.15) is 24.0 Å². The molecule has 3 aromatic rings. The second kappa shape index (κ2) is 10.5. The Kier molecular flexibility index (Phi) is 7.08. The highest BCUT2D eigenvalue weighted by atomic mass is 16.5. The molecule has 0 bridgehead atoms. The lowest BCUT2D eigenvalue weighted by molar-refractivity contribution is 0.0876. The zero-order valence-corrected chi connectivity index (χ0v) is 17.6. The molecule has 1 fully saturated rings. The average Bonchev–Trinajstić information content (AvgIpc) is 2.84. The Morgan fingerprint density at radius 1 is 1.10 bits per heavy atom. The maximum Gasteiger partial charge on any atom is 0.0667 e. The summed E-state index contributed by atoms with van der Waals surface area (Å²) in [4.78, 5) is 4.13. The van der Waals surface area contributed by atoms with Gasteiger partial charge in [0, 0.05) is 42.8 Å². The van der Waals surface area contributed by atoms with Gasteiger partial charge < -0.3 is 20.8 Å². The standard InChI is InChI=1S/C26H28N4O/c27-25(12-14-29-18-20-6-4-13-28-17-20)24-16-22(21-7-2-1-3-8-21)10-11-26(24)30-23-9-5-15-31-19-23/h1-4,6-8,10-14,16-17,23,27,29-30H,5,9,15,18-19H2/b14-12-,27-25?. The molecule has 4 rings (SSSR count). The Labute approximate surface area is 183 Å². The van der Waals surface area contributed by atoms with Crippen LogP contribution in [-0.4, -0.2) is 30.0 Å². The van der Waals surface area contributed by atoms with Crippen LogP contribution in [0, 0.1) is 5.41 Å². The number of ether oxygens (including phenoxy) is 1. The number of anilines is 1. The zero-order chi connectivity index (χ0) is 21.3. The van der Waals surface area contributed by atoms with Gasteiger partial charge in [0.25, 0.3) is 0 Å². The van der Waals surface area contributed by atoms with Crippen LogP contribution in [0.25, 0.3) is 11.1 Å². The van der Waals surface area contributed by atoms with E-state index in [4.69, 9.17) is 10.1 Å². The largest absolute Gasteiger partial charge is 0.387 e. The zero-order valence-electron chi connectivity index (χ0n) is 17.6. The van der Waals surface area contributed by atoms with Gasteiger partial charge in [0.15, 0.2) is 0 Å². The summed E-state index contributed by atoms with van der Waals surface area (Å²) in [6, 6.07) is 20.8. The SMILES string of the molecule is N=C(/C=C\NCc1cccnc1)c1cc(-c2ccccc2)ccc1NC1CCCOC1. The van der Waals surface area contributed by atoms with Crippen molar-refractivity contribution in [3.63, 3.8) is 0 Å². The molecule has 5 nitrogen and oxygen atoms in total. The summed E-state index contributed by atoms with van der Waals surface area (Å²) in [6.45, 7) is 2.21. The van der Waals surface area contributed by atoms with Gasteiger partial charge in [0.05, 0.1) is 12.3 Å². The summed E-state index contributed by atoms with van der Waals surface area (Å²) >= 11 is 0. The molecular weight excluding hydrogens is 384 g/mol. The summed E-state index contributed by atoms with van der Waals surface area (Å²) in [5, 5.41) is 15.6. The van der Waals surface area contributed by atoms with Crippen molar-refractivity contribution in [3.8, 4) is 11.1 Å². The molecule has 1 aliphatic rings. The minimum Gasteiger partial charge on any atom is -0.387 e. The van der Waals surface area contributed by atoms with Crippen LogP contribution >= 0.6 is 0 Å². The fraction of sp³-hybridized carbons (Fsp3) is 0.231. The quantitative estimate of drug-likeness (QED) is 0.455. The molecule has 1 saturated heterocycles. The van der Waals surface area contributed by atoms with E-state index >= 15 is 0 Å². The Bertz CT molecular complexity index is 1010. The topological polar surface area (TPSA) is 70.0 Å². The highest BCUT2D eigenvalue weighted by Crippen LogP contribution is 2.27. The van der Waals surface area contributed by atoms with Gasteiger partial charge in [-0.2, -0.15) is 0 Å². The van der Waals surface area contributed by atoms with Gasteiger partial charge in [-0.1, -0.05) is 42.5 Å². The van der Waals surface area contributed by atoms with E-state index in [0.717, 1.165) is 47.4 Å². The molecule has 1 atom stereocenters. The summed E-state index contributed by atoms with van der Waals surface area (Å²) in [7, 11) is 0. The molecular formula is C26H28N4O. The summed E-state index contributed by atoms with van der Waals surface area (Å²) in [5.74, 6) is 0. The van der Waals surface area contributed by atoms with Crippen molar-refractivity contribution in [2.45, 2.75) is 25.4 Å². The first-order valence-electron chi connectivity index (χ1n) is 10.7. The molecule has 1 aliphatic heterocycles. The minimum atomic E-state index is 0.274. The summed E-state index contributed by atoms with van der Waals surface area (Å²) in [6.07, 6.45) is 9.38. The van der Waals surface area contributed by atoms with Gasteiger partial charge in [0.2, 0.25) is 0 Å². The van der Waals surface area contributed by atoms with E-state index in [0.29, 0.717) is 18.9 Å². The molecule has 31 heavy (non-hydrogen) atoms. The van der Waals surface area contributed by atoms with Gasteiger partial charge in [-0.05, 0) is 60.0 Å². The molecule has 1 aromatic heterocycles. The summed E-state index contributed by atoms with van der Waals surface area (Å²) in [5.41, 5.74) is 5.65. The van der Waals surface area contributed by atoms with Crippen LogP contribution in [0.5, 0.6) is 0 Å². The number of pyridine rings is 1. The van der Waals surface area contributed by atoms with Crippen molar-refractivity contribution in [1.82, 2.24) is 10.3 Å². The molecule has 2 heterocycles. The molecule has 0 spiro atoms. The second-order valence-corrected chi connectivity index (χ2v) is 7.67. The van der Waals surface area contributed by atoms with E-state index in [1.807, 2.05) is 48.8 Å². The predicted octanol–water partition coefficient (Wildman–Crippen LogP) is 5.01. The van der Waals surface area contributed by atoms with Gasteiger partial charge in [-0.25, -0.2) is 0 Å². The first-order chi connectivity index (χ1) is 15.3. The monoisotopic (exact) mass is 412 g/mol. The number of rotatable bonds is 8. The van der Waals surface area contributed by atoms with Crippen molar-refractivity contribution in [3.05, 3.63) is 96.5 Å². The number of nitrogens with one attached hydrogen (secondary N) is 3. The molecule has 0 amide bonds. The number of allylic oxidation sites excluding steroid dienone is 1. The molecule has 2 aromatic carbocycles. The smallest absolute Gasteiger partial charge is 0.0667 e. The molecule has 0 radical (unpaired) electrons. The second-order valence-electron chi connectivity index (χ2n) is 7.67. The third kappa shape index (κ3) is 5.80. The van der Waals surface area contributed by atoms with E-state index in [1.54, 1.807) is 6.20 Å². The van der Waals surface area contributed by atoms with Crippen LogP contribution < -0.4 is 10.6 Å². The number of benzene rings is 2. The lowest BCUT2D eigenvalue weighted by Gasteiger charge is -2.25.